The maximum atomic E-state index is 4.75. The minimum atomic E-state index is 0.631. The number of nitrogens with zero attached hydrogens (tertiary/aromatic N) is 7. The van der Waals surface area contributed by atoms with Crippen molar-refractivity contribution in [1.29, 1.82) is 0 Å². The Labute approximate surface area is 164 Å². The fourth-order valence-electron chi connectivity index (χ4n) is 3.77. The van der Waals surface area contributed by atoms with E-state index in [4.69, 9.17) is 4.98 Å². The van der Waals surface area contributed by atoms with Crippen LogP contribution in [0.4, 0.5) is 11.8 Å². The van der Waals surface area contributed by atoms with Crippen molar-refractivity contribution < 1.29 is 0 Å². The molecule has 0 spiro atoms. The highest BCUT2D eigenvalue weighted by Crippen LogP contribution is 2.36. The lowest BCUT2D eigenvalue weighted by molar-refractivity contribution is 0.410. The second-order valence-corrected chi connectivity index (χ2v) is 7.39. The summed E-state index contributed by atoms with van der Waals surface area (Å²) in [5.41, 5.74) is 3.11. The fourth-order valence-corrected chi connectivity index (χ4v) is 3.77. The molecule has 1 saturated heterocycles. The van der Waals surface area contributed by atoms with E-state index in [2.05, 4.69) is 35.8 Å². The Bertz CT molecular complexity index is 934. The van der Waals surface area contributed by atoms with Crippen molar-refractivity contribution in [3.05, 3.63) is 54.9 Å². The average Bonchev–Trinajstić information content (AvgIpc) is 2.74. The van der Waals surface area contributed by atoms with Crippen LogP contribution in [0, 0.1) is 0 Å². The van der Waals surface area contributed by atoms with E-state index in [1.165, 1.54) is 25.0 Å². The highest BCUT2D eigenvalue weighted by Gasteiger charge is 2.24. The van der Waals surface area contributed by atoms with Crippen molar-refractivity contribution in [3.63, 3.8) is 0 Å². The van der Waals surface area contributed by atoms with E-state index in [9.17, 15) is 0 Å². The van der Waals surface area contributed by atoms with Crippen LogP contribution < -0.4 is 9.80 Å². The number of anilines is 2. The number of hydrogen-bond donors (Lipinski definition) is 0. The Morgan fingerprint density at radius 1 is 0.893 bits per heavy atom. The van der Waals surface area contributed by atoms with Crippen LogP contribution in [0.3, 0.4) is 0 Å². The van der Waals surface area contributed by atoms with Gasteiger partial charge in [-0.2, -0.15) is 0 Å². The summed E-state index contributed by atoms with van der Waals surface area (Å²) in [6.45, 7) is 3.56. The van der Waals surface area contributed by atoms with Crippen LogP contribution in [0.15, 0.2) is 49.2 Å². The molecule has 1 aliphatic heterocycles. The first-order chi connectivity index (χ1) is 13.9. The van der Waals surface area contributed by atoms with Gasteiger partial charge in [-0.15, -0.1) is 0 Å². The normalized spacial score (nSPS) is 17.4. The van der Waals surface area contributed by atoms with E-state index in [1.807, 2.05) is 30.6 Å². The first-order valence-corrected chi connectivity index (χ1v) is 9.92. The zero-order valence-electron chi connectivity index (χ0n) is 15.8. The molecule has 0 atom stereocenters. The zero-order valence-corrected chi connectivity index (χ0v) is 15.8. The minimum absolute atomic E-state index is 0.631. The van der Waals surface area contributed by atoms with Gasteiger partial charge in [-0.1, -0.05) is 6.42 Å². The second kappa shape index (κ2) is 7.50. The molecule has 1 aliphatic carbocycles. The first kappa shape index (κ1) is 17.0. The predicted octanol–water partition coefficient (Wildman–Crippen LogP) is 2.92. The molecule has 1 saturated carbocycles. The van der Waals surface area contributed by atoms with Crippen LogP contribution in [0.5, 0.6) is 0 Å². The van der Waals surface area contributed by atoms with Gasteiger partial charge in [0.2, 0.25) is 5.95 Å². The molecule has 0 unspecified atom stereocenters. The van der Waals surface area contributed by atoms with Crippen molar-refractivity contribution in [2.45, 2.75) is 25.2 Å². The molecule has 0 amide bonds. The van der Waals surface area contributed by atoms with Crippen LogP contribution in [0.25, 0.3) is 11.3 Å². The maximum Gasteiger partial charge on any atom is 0.225 e. The van der Waals surface area contributed by atoms with E-state index in [-0.39, 0.29) is 0 Å². The summed E-state index contributed by atoms with van der Waals surface area (Å²) in [4.78, 5) is 27.0. The third-order valence-electron chi connectivity index (χ3n) is 5.68. The van der Waals surface area contributed by atoms with Gasteiger partial charge in [0, 0.05) is 68.0 Å². The summed E-state index contributed by atoms with van der Waals surface area (Å²) in [5.74, 6) is 2.45. The SMILES string of the molecule is c1cncc(-c2ccnc(N3CCN(c4cc(C5CCC5)ncn4)CC3)n2)c1. The fraction of sp³-hybridized carbons (Fsp3) is 0.381. The molecule has 0 bridgehead atoms. The van der Waals surface area contributed by atoms with Gasteiger partial charge < -0.3 is 9.80 Å². The van der Waals surface area contributed by atoms with E-state index < -0.39 is 0 Å². The average molecular weight is 373 g/mol. The zero-order chi connectivity index (χ0) is 18.8. The van der Waals surface area contributed by atoms with Gasteiger partial charge in [-0.25, -0.2) is 19.9 Å². The maximum absolute atomic E-state index is 4.75. The van der Waals surface area contributed by atoms with Crippen LogP contribution in [0.1, 0.15) is 30.9 Å². The Balaban J connectivity index is 1.27. The molecule has 3 aromatic heterocycles. The molecule has 0 N–H and O–H groups in total. The topological polar surface area (TPSA) is 70.9 Å². The summed E-state index contributed by atoms with van der Waals surface area (Å²) < 4.78 is 0. The quantitative estimate of drug-likeness (QED) is 0.696. The van der Waals surface area contributed by atoms with Crippen LogP contribution in [-0.2, 0) is 0 Å². The van der Waals surface area contributed by atoms with Crippen LogP contribution in [-0.4, -0.2) is 51.1 Å². The molecule has 0 radical (unpaired) electrons. The van der Waals surface area contributed by atoms with Gasteiger partial charge >= 0.3 is 0 Å². The third-order valence-corrected chi connectivity index (χ3v) is 5.68. The Morgan fingerprint density at radius 3 is 2.50 bits per heavy atom. The smallest absolute Gasteiger partial charge is 0.225 e. The monoisotopic (exact) mass is 373 g/mol. The Hall–Kier alpha value is -3.09. The van der Waals surface area contributed by atoms with Crippen molar-refractivity contribution in [2.75, 3.05) is 36.0 Å². The molecule has 5 rings (SSSR count). The highest BCUT2D eigenvalue weighted by atomic mass is 15.3. The summed E-state index contributed by atoms with van der Waals surface area (Å²) in [7, 11) is 0. The van der Waals surface area contributed by atoms with E-state index in [0.717, 1.165) is 49.2 Å². The lowest BCUT2D eigenvalue weighted by Crippen LogP contribution is -2.47. The highest BCUT2D eigenvalue weighted by molar-refractivity contribution is 5.59. The molecular formula is C21H23N7. The van der Waals surface area contributed by atoms with Crippen LogP contribution in [0.2, 0.25) is 0 Å². The number of piperazine rings is 1. The van der Waals surface area contributed by atoms with Crippen molar-refractivity contribution in [1.82, 2.24) is 24.9 Å². The second-order valence-electron chi connectivity index (χ2n) is 7.39. The van der Waals surface area contributed by atoms with Crippen molar-refractivity contribution in [3.8, 4) is 11.3 Å². The van der Waals surface area contributed by atoms with E-state index >= 15 is 0 Å². The van der Waals surface area contributed by atoms with Crippen molar-refractivity contribution >= 4 is 11.8 Å². The summed E-state index contributed by atoms with van der Waals surface area (Å²) >= 11 is 0. The van der Waals surface area contributed by atoms with Gasteiger partial charge in [0.1, 0.15) is 12.1 Å². The molecule has 2 fully saturated rings. The predicted molar refractivity (Wildman–Crippen MR) is 108 cm³/mol. The Morgan fingerprint density at radius 2 is 1.75 bits per heavy atom. The minimum Gasteiger partial charge on any atom is -0.353 e. The summed E-state index contributed by atoms with van der Waals surface area (Å²) in [6, 6.07) is 8.06. The van der Waals surface area contributed by atoms with Gasteiger partial charge in [0.05, 0.1) is 5.69 Å². The lowest BCUT2D eigenvalue weighted by Gasteiger charge is -2.35. The number of rotatable bonds is 4. The van der Waals surface area contributed by atoms with E-state index in [0.29, 0.717) is 5.92 Å². The lowest BCUT2D eigenvalue weighted by atomic mass is 9.83. The van der Waals surface area contributed by atoms with E-state index in [1.54, 1.807) is 12.5 Å². The largest absolute Gasteiger partial charge is 0.353 e. The molecule has 4 heterocycles. The molecule has 2 aliphatic rings. The molecule has 0 aromatic carbocycles. The summed E-state index contributed by atoms with van der Waals surface area (Å²) in [5, 5.41) is 0. The molecule has 3 aromatic rings. The van der Waals surface area contributed by atoms with Gasteiger partial charge in [0.25, 0.3) is 0 Å². The third kappa shape index (κ3) is 3.40. The number of aromatic nitrogens is 5. The molecule has 7 nitrogen and oxygen atoms in total. The van der Waals surface area contributed by atoms with Gasteiger partial charge in [-0.3, -0.25) is 4.98 Å². The number of pyridine rings is 1. The molecule has 28 heavy (non-hydrogen) atoms. The molecular weight excluding hydrogens is 350 g/mol. The van der Waals surface area contributed by atoms with Crippen LogP contribution >= 0.6 is 0 Å². The standard InChI is InChI=1S/C21H23N7/c1-3-16(4-1)19-13-20(25-15-24-19)27-9-11-28(12-10-27)21-23-8-6-18(26-21)17-5-2-7-22-14-17/h2,5-8,13-16H,1,3-4,9-12H2. The summed E-state index contributed by atoms with van der Waals surface area (Å²) in [6.07, 6.45) is 11.0. The van der Waals surface area contributed by atoms with Gasteiger partial charge in [0.15, 0.2) is 0 Å². The Kier molecular flexibility index (Phi) is 4.56. The van der Waals surface area contributed by atoms with Crippen molar-refractivity contribution in [2.24, 2.45) is 0 Å². The van der Waals surface area contributed by atoms with Gasteiger partial charge in [-0.05, 0) is 31.0 Å². The molecule has 142 valence electrons. The number of hydrogen-bond acceptors (Lipinski definition) is 7. The first-order valence-electron chi connectivity index (χ1n) is 9.92. The molecule has 7 heteroatoms.